The largest absolute Gasteiger partial charge is 0.377 e. The second-order valence-corrected chi connectivity index (χ2v) is 7.99. The Hall–Kier alpha value is -2.33. The van der Waals surface area contributed by atoms with Crippen molar-refractivity contribution in [2.75, 3.05) is 65.9 Å². The minimum Gasteiger partial charge on any atom is -0.377 e. The highest BCUT2D eigenvalue weighted by Gasteiger charge is 2.45. The summed E-state index contributed by atoms with van der Waals surface area (Å²) in [6.45, 7) is 7.63. The highest BCUT2D eigenvalue weighted by Crippen LogP contribution is 2.28. The summed E-state index contributed by atoms with van der Waals surface area (Å²) in [6, 6.07) is 5.76. The summed E-state index contributed by atoms with van der Waals surface area (Å²) in [5.74, 6) is -1.42. The molecule has 1 aromatic rings. The molecule has 0 N–H and O–H groups in total. The number of ether oxygens (including phenoxy) is 4. The van der Waals surface area contributed by atoms with Crippen molar-refractivity contribution in [3.8, 4) is 0 Å². The summed E-state index contributed by atoms with van der Waals surface area (Å²) in [4.78, 5) is 42.3. The van der Waals surface area contributed by atoms with E-state index in [0.29, 0.717) is 77.1 Å². The molecule has 3 amide bonds. The number of fused-ring (bicyclic) bond motifs is 1. The van der Waals surface area contributed by atoms with Crippen molar-refractivity contribution in [3.63, 3.8) is 0 Å². The number of benzene rings is 1. The minimum atomic E-state index is -0.906. The maximum absolute atomic E-state index is 13.6. The predicted octanol–water partition coefficient (Wildman–Crippen LogP) is 1.22. The zero-order valence-corrected chi connectivity index (χ0v) is 18.8. The van der Waals surface area contributed by atoms with E-state index in [9.17, 15) is 14.4 Å². The van der Waals surface area contributed by atoms with E-state index in [0.717, 1.165) is 4.90 Å². The highest BCUT2D eigenvalue weighted by molar-refractivity contribution is 6.22. The molecule has 0 aliphatic carbocycles. The number of nitrogens with zero attached hydrogens (tertiary/aromatic N) is 2. The van der Waals surface area contributed by atoms with E-state index in [2.05, 4.69) is 0 Å². The fraction of sp³-hybridized carbons (Fsp3) is 0.609. The topological polar surface area (TPSA) is 94.6 Å². The average Bonchev–Trinajstić information content (AvgIpc) is 3.02. The number of rotatable bonds is 3. The number of hydrogen-bond acceptors (Lipinski definition) is 7. The molecule has 2 aliphatic rings. The molecule has 0 radical (unpaired) electrons. The Balaban J connectivity index is 1.73. The monoisotopic (exact) mass is 448 g/mol. The van der Waals surface area contributed by atoms with Crippen LogP contribution in [0.3, 0.4) is 0 Å². The highest BCUT2D eigenvalue weighted by atomic mass is 16.6. The van der Waals surface area contributed by atoms with Crippen LogP contribution in [0.5, 0.6) is 0 Å². The van der Waals surface area contributed by atoms with E-state index in [4.69, 9.17) is 18.9 Å². The molecule has 0 bridgehead atoms. The molecular weight excluding hydrogens is 416 g/mol. The van der Waals surface area contributed by atoms with Crippen molar-refractivity contribution >= 4 is 17.7 Å². The molecule has 32 heavy (non-hydrogen) atoms. The zero-order chi connectivity index (χ0) is 22.9. The van der Waals surface area contributed by atoms with Crippen LogP contribution in [0, 0.1) is 5.92 Å². The lowest BCUT2D eigenvalue weighted by molar-refractivity contribution is -0.138. The lowest BCUT2D eigenvalue weighted by atomic mass is 10.0. The predicted molar refractivity (Wildman–Crippen MR) is 115 cm³/mol. The van der Waals surface area contributed by atoms with Crippen LogP contribution in [0.25, 0.3) is 0 Å². The van der Waals surface area contributed by atoms with Gasteiger partial charge in [0.25, 0.3) is 11.8 Å². The van der Waals surface area contributed by atoms with Crippen LogP contribution in [-0.4, -0.2) is 99.5 Å². The molecule has 176 valence electrons. The molecule has 0 saturated carbocycles. The lowest BCUT2D eigenvalue weighted by Gasteiger charge is -2.33. The van der Waals surface area contributed by atoms with E-state index in [1.54, 1.807) is 29.2 Å². The first-order chi connectivity index (χ1) is 15.5. The molecule has 0 aromatic heterocycles. The summed E-state index contributed by atoms with van der Waals surface area (Å²) in [7, 11) is 0. The van der Waals surface area contributed by atoms with Gasteiger partial charge in [-0.05, 0) is 18.1 Å². The Kier molecular flexibility index (Phi) is 9.16. The van der Waals surface area contributed by atoms with Crippen LogP contribution in [0.4, 0.5) is 0 Å². The quantitative estimate of drug-likeness (QED) is 0.642. The van der Waals surface area contributed by atoms with Gasteiger partial charge in [-0.3, -0.25) is 19.3 Å². The number of hydrogen-bond donors (Lipinski definition) is 0. The van der Waals surface area contributed by atoms with Crippen molar-refractivity contribution in [1.29, 1.82) is 0 Å². The van der Waals surface area contributed by atoms with Crippen LogP contribution in [0.15, 0.2) is 24.3 Å². The fourth-order valence-corrected chi connectivity index (χ4v) is 3.78. The van der Waals surface area contributed by atoms with Gasteiger partial charge in [0.1, 0.15) is 6.04 Å². The third-order valence-corrected chi connectivity index (χ3v) is 5.43. The smallest absolute Gasteiger partial charge is 0.262 e. The maximum atomic E-state index is 13.6. The third kappa shape index (κ3) is 5.92. The first-order valence-corrected chi connectivity index (χ1v) is 11.1. The standard InChI is InChI=1S/C23H32N2O7/c1-17(2)20(25-21(26)18-5-3-4-6-19(18)22(25)27)23(28)24-7-9-29-11-13-31-15-16-32-14-12-30-10-8-24/h3-6,17,20H,7-16H2,1-2H3/t20-/m1/s1. The van der Waals surface area contributed by atoms with Crippen LogP contribution >= 0.6 is 0 Å². The second-order valence-electron chi connectivity index (χ2n) is 7.99. The van der Waals surface area contributed by atoms with Gasteiger partial charge in [0.15, 0.2) is 0 Å². The fourth-order valence-electron chi connectivity index (χ4n) is 3.78. The lowest BCUT2D eigenvalue weighted by Crippen LogP contribution is -2.54. The summed E-state index contributed by atoms with van der Waals surface area (Å²) in [6.07, 6.45) is 0. The molecule has 1 fully saturated rings. The Bertz CT molecular complexity index is 747. The summed E-state index contributed by atoms with van der Waals surface area (Å²) < 4.78 is 22.0. The van der Waals surface area contributed by atoms with Gasteiger partial charge in [-0.1, -0.05) is 26.0 Å². The van der Waals surface area contributed by atoms with Crippen molar-refractivity contribution in [3.05, 3.63) is 35.4 Å². The van der Waals surface area contributed by atoms with Crippen molar-refractivity contribution in [2.45, 2.75) is 19.9 Å². The van der Waals surface area contributed by atoms with Gasteiger partial charge in [-0.2, -0.15) is 0 Å². The third-order valence-electron chi connectivity index (χ3n) is 5.43. The molecule has 2 heterocycles. The van der Waals surface area contributed by atoms with Gasteiger partial charge in [-0.25, -0.2) is 0 Å². The summed E-state index contributed by atoms with van der Waals surface area (Å²) in [5, 5.41) is 0. The maximum Gasteiger partial charge on any atom is 0.262 e. The van der Waals surface area contributed by atoms with Gasteiger partial charge in [0.2, 0.25) is 5.91 Å². The van der Waals surface area contributed by atoms with Crippen LogP contribution in [0.1, 0.15) is 34.6 Å². The SMILES string of the molecule is CC(C)[C@H](C(=O)N1CCOCCOCCOCCOCC1)N1C(=O)c2ccccc2C1=O. The van der Waals surface area contributed by atoms with E-state index in [1.807, 2.05) is 13.8 Å². The van der Waals surface area contributed by atoms with Gasteiger partial charge in [0, 0.05) is 13.1 Å². The molecule has 1 saturated heterocycles. The minimum absolute atomic E-state index is 0.259. The number of carbonyl (C=O) groups excluding carboxylic acids is 3. The molecule has 3 rings (SSSR count). The van der Waals surface area contributed by atoms with E-state index >= 15 is 0 Å². The van der Waals surface area contributed by atoms with Gasteiger partial charge < -0.3 is 23.8 Å². The second kappa shape index (κ2) is 12.1. The number of amides is 3. The van der Waals surface area contributed by atoms with E-state index in [-0.39, 0.29) is 11.8 Å². The molecule has 2 aliphatic heterocycles. The van der Waals surface area contributed by atoms with Gasteiger partial charge >= 0.3 is 0 Å². The number of carbonyl (C=O) groups is 3. The molecule has 1 aromatic carbocycles. The number of imide groups is 1. The molecule has 1 atom stereocenters. The van der Waals surface area contributed by atoms with E-state index < -0.39 is 17.9 Å². The molecule has 9 heteroatoms. The van der Waals surface area contributed by atoms with Gasteiger partial charge in [0.05, 0.1) is 64.0 Å². The van der Waals surface area contributed by atoms with Crippen molar-refractivity contribution < 1.29 is 33.3 Å². The first kappa shape index (κ1) is 24.3. The molecular formula is C23H32N2O7. The summed E-state index contributed by atoms with van der Waals surface area (Å²) >= 11 is 0. The average molecular weight is 449 g/mol. The molecule has 0 unspecified atom stereocenters. The van der Waals surface area contributed by atoms with Gasteiger partial charge in [-0.15, -0.1) is 0 Å². The first-order valence-electron chi connectivity index (χ1n) is 11.1. The Morgan fingerprint density at radius 3 is 1.56 bits per heavy atom. The van der Waals surface area contributed by atoms with Crippen LogP contribution < -0.4 is 0 Å². The van der Waals surface area contributed by atoms with E-state index in [1.165, 1.54) is 0 Å². The van der Waals surface area contributed by atoms with Crippen molar-refractivity contribution in [1.82, 2.24) is 9.80 Å². The van der Waals surface area contributed by atoms with Crippen LogP contribution in [-0.2, 0) is 23.7 Å². The molecule has 0 spiro atoms. The van der Waals surface area contributed by atoms with Crippen LogP contribution in [0.2, 0.25) is 0 Å². The Morgan fingerprint density at radius 2 is 1.16 bits per heavy atom. The normalized spacial score (nSPS) is 20.6. The summed E-state index contributed by atoms with van der Waals surface area (Å²) in [5.41, 5.74) is 0.666. The zero-order valence-electron chi connectivity index (χ0n) is 18.8. The Labute approximate surface area is 188 Å². The Morgan fingerprint density at radius 1 is 0.750 bits per heavy atom. The van der Waals surface area contributed by atoms with Crippen molar-refractivity contribution in [2.24, 2.45) is 5.92 Å². The molecule has 9 nitrogen and oxygen atoms in total.